The molecule has 0 saturated heterocycles. The van der Waals surface area contributed by atoms with Crippen LogP contribution in [-0.4, -0.2) is 0 Å². The Labute approximate surface area is 220 Å². The summed E-state index contributed by atoms with van der Waals surface area (Å²) in [6.45, 7) is 2.07. The molecule has 0 nitrogen and oxygen atoms in total. The van der Waals surface area contributed by atoms with Gasteiger partial charge < -0.3 is 0 Å². The van der Waals surface area contributed by atoms with Crippen molar-refractivity contribution >= 4 is 10.8 Å². The minimum atomic E-state index is -5.11. The molecule has 1 aliphatic carbocycles. The van der Waals surface area contributed by atoms with Gasteiger partial charge in [0.2, 0.25) is 0 Å². The van der Waals surface area contributed by atoms with Gasteiger partial charge in [-0.3, -0.25) is 0 Å². The summed E-state index contributed by atoms with van der Waals surface area (Å²) < 4.78 is 81.3. The van der Waals surface area contributed by atoms with Crippen molar-refractivity contribution in [1.82, 2.24) is 0 Å². The number of benzene rings is 3. The summed E-state index contributed by atoms with van der Waals surface area (Å²) in [6, 6.07) is 10.6. The van der Waals surface area contributed by atoms with Crippen molar-refractivity contribution in [3.05, 3.63) is 94.3 Å². The predicted molar refractivity (Wildman–Crippen MR) is 140 cm³/mol. The summed E-state index contributed by atoms with van der Waals surface area (Å²) in [5.74, 6) is -2.13. The third-order valence-corrected chi connectivity index (χ3v) is 7.95. The highest BCUT2D eigenvalue weighted by molar-refractivity contribution is 5.84. The van der Waals surface area contributed by atoms with Crippen LogP contribution in [0.1, 0.15) is 74.1 Å². The van der Waals surface area contributed by atoms with E-state index in [2.05, 4.69) is 19.1 Å². The maximum Gasteiger partial charge on any atom is 0.422 e. The van der Waals surface area contributed by atoms with Crippen molar-refractivity contribution in [2.45, 2.75) is 77.3 Å². The largest absolute Gasteiger partial charge is 0.422 e. The molecule has 0 N–H and O–H groups in total. The number of hydrogen-bond donors (Lipinski definition) is 0. The molecule has 0 unspecified atom stereocenters. The average molecular weight is 533 g/mol. The molecular formula is C32H34F6. The summed E-state index contributed by atoms with van der Waals surface area (Å²) in [5, 5.41) is 1.26. The van der Waals surface area contributed by atoms with Gasteiger partial charge in [0.25, 0.3) is 0 Å². The van der Waals surface area contributed by atoms with Gasteiger partial charge in [-0.2, -0.15) is 13.2 Å². The van der Waals surface area contributed by atoms with E-state index in [0.29, 0.717) is 23.1 Å². The van der Waals surface area contributed by atoms with Gasteiger partial charge in [-0.1, -0.05) is 68.2 Å². The maximum absolute atomic E-state index is 15.2. The van der Waals surface area contributed by atoms with Gasteiger partial charge in [0.15, 0.2) is 0 Å². The molecule has 0 heterocycles. The van der Waals surface area contributed by atoms with Gasteiger partial charge >= 0.3 is 6.18 Å². The number of fused-ring (bicyclic) bond motifs is 1. The second-order valence-electron chi connectivity index (χ2n) is 10.6. The summed E-state index contributed by atoms with van der Waals surface area (Å²) in [5.41, 5.74) is -0.316. The molecule has 0 radical (unpaired) electrons. The number of rotatable bonds is 9. The lowest BCUT2D eigenvalue weighted by molar-refractivity contribution is -0.142. The van der Waals surface area contributed by atoms with E-state index in [1.54, 1.807) is 12.1 Å². The predicted octanol–water partition coefficient (Wildman–Crippen LogP) is 10.2. The highest BCUT2D eigenvalue weighted by atomic mass is 19.4. The Bertz CT molecular complexity index is 1240. The number of allylic oxidation sites excluding steroid dienone is 2. The molecule has 6 heteroatoms. The molecule has 1 fully saturated rings. The van der Waals surface area contributed by atoms with Crippen LogP contribution in [0.15, 0.2) is 54.6 Å². The van der Waals surface area contributed by atoms with Crippen LogP contribution in [0, 0.1) is 29.3 Å². The van der Waals surface area contributed by atoms with Crippen molar-refractivity contribution in [2.24, 2.45) is 11.8 Å². The van der Waals surface area contributed by atoms with Crippen LogP contribution in [0.5, 0.6) is 0 Å². The zero-order valence-corrected chi connectivity index (χ0v) is 21.7. The van der Waals surface area contributed by atoms with Gasteiger partial charge in [0.1, 0.15) is 23.0 Å². The minimum absolute atomic E-state index is 0.0179. The lowest BCUT2D eigenvalue weighted by atomic mass is 9.78. The van der Waals surface area contributed by atoms with Crippen molar-refractivity contribution in [3.63, 3.8) is 0 Å². The van der Waals surface area contributed by atoms with Crippen molar-refractivity contribution in [1.29, 1.82) is 0 Å². The smallest absolute Gasteiger partial charge is 0.206 e. The Morgan fingerprint density at radius 2 is 1.42 bits per heavy atom. The third kappa shape index (κ3) is 7.00. The number of halogens is 6. The first-order valence-electron chi connectivity index (χ1n) is 13.5. The second-order valence-corrected chi connectivity index (χ2v) is 10.6. The summed E-state index contributed by atoms with van der Waals surface area (Å²) in [6.07, 6.45) is 9.11. The Kier molecular flexibility index (Phi) is 9.22. The molecule has 0 aromatic heterocycles. The lowest BCUT2D eigenvalue weighted by Gasteiger charge is -2.28. The van der Waals surface area contributed by atoms with Crippen LogP contribution in [0.2, 0.25) is 0 Å². The number of alkyl halides is 3. The highest BCUT2D eigenvalue weighted by Crippen LogP contribution is 2.35. The van der Waals surface area contributed by atoms with E-state index in [-0.39, 0.29) is 18.4 Å². The van der Waals surface area contributed by atoms with Crippen LogP contribution >= 0.6 is 0 Å². The molecule has 38 heavy (non-hydrogen) atoms. The van der Waals surface area contributed by atoms with Crippen LogP contribution in [0.4, 0.5) is 26.3 Å². The first-order chi connectivity index (χ1) is 18.2. The maximum atomic E-state index is 15.2. The normalized spacial score (nSPS) is 18.5. The lowest BCUT2D eigenvalue weighted by Crippen LogP contribution is -2.15. The molecule has 0 amide bonds. The first-order valence-corrected chi connectivity index (χ1v) is 13.5. The molecule has 0 atom stereocenters. The Morgan fingerprint density at radius 3 is 2.05 bits per heavy atom. The van der Waals surface area contributed by atoms with E-state index in [0.717, 1.165) is 30.1 Å². The Hall–Kier alpha value is -2.76. The molecular weight excluding hydrogens is 498 g/mol. The van der Waals surface area contributed by atoms with E-state index < -0.39 is 29.2 Å². The fourth-order valence-corrected chi connectivity index (χ4v) is 5.73. The number of hydrogen-bond acceptors (Lipinski definition) is 0. The summed E-state index contributed by atoms with van der Waals surface area (Å²) in [7, 11) is 0. The Morgan fingerprint density at radius 1 is 0.763 bits per heavy atom. The minimum Gasteiger partial charge on any atom is -0.206 e. The van der Waals surface area contributed by atoms with E-state index in [4.69, 9.17) is 0 Å². The van der Waals surface area contributed by atoms with Crippen molar-refractivity contribution < 1.29 is 26.3 Å². The highest BCUT2D eigenvalue weighted by Gasteiger charge is 2.37. The summed E-state index contributed by atoms with van der Waals surface area (Å²) in [4.78, 5) is 0. The van der Waals surface area contributed by atoms with E-state index in [1.165, 1.54) is 44.1 Å². The van der Waals surface area contributed by atoms with Gasteiger partial charge in [-0.05, 0) is 91.5 Å². The van der Waals surface area contributed by atoms with Gasteiger partial charge in [-0.25, -0.2) is 13.2 Å². The zero-order chi connectivity index (χ0) is 27.3. The molecule has 0 spiro atoms. The molecule has 0 aliphatic heterocycles. The van der Waals surface area contributed by atoms with Gasteiger partial charge in [0, 0.05) is 5.39 Å². The molecule has 0 bridgehead atoms. The van der Waals surface area contributed by atoms with Crippen molar-refractivity contribution in [2.75, 3.05) is 0 Å². The quantitative estimate of drug-likeness (QED) is 0.190. The van der Waals surface area contributed by atoms with Crippen LogP contribution in [0.3, 0.4) is 0 Å². The topological polar surface area (TPSA) is 0 Å². The van der Waals surface area contributed by atoms with Crippen LogP contribution < -0.4 is 0 Å². The summed E-state index contributed by atoms with van der Waals surface area (Å²) >= 11 is 0. The van der Waals surface area contributed by atoms with Crippen molar-refractivity contribution in [3.8, 4) is 0 Å². The third-order valence-electron chi connectivity index (χ3n) is 7.95. The molecule has 204 valence electrons. The average Bonchev–Trinajstić information content (AvgIpc) is 2.87. The molecule has 1 aliphatic rings. The van der Waals surface area contributed by atoms with E-state index in [1.807, 2.05) is 18.2 Å². The Balaban J connectivity index is 1.35. The fraction of sp³-hybridized carbons (Fsp3) is 0.438. The van der Waals surface area contributed by atoms with Gasteiger partial charge in [0.05, 0.1) is 0 Å². The van der Waals surface area contributed by atoms with Gasteiger partial charge in [-0.15, -0.1) is 0 Å². The van der Waals surface area contributed by atoms with E-state index >= 15 is 4.39 Å². The monoisotopic (exact) mass is 532 g/mol. The SMILES string of the molecule is C/C=C/CCC1CCC(CCc2ccc3c(F)c(CCc4cc(F)c(C(F)(F)F)c(F)c4)ccc3c2)CC1. The van der Waals surface area contributed by atoms with Crippen LogP contribution in [0.25, 0.3) is 10.8 Å². The zero-order valence-electron chi connectivity index (χ0n) is 21.7. The van der Waals surface area contributed by atoms with E-state index in [9.17, 15) is 22.0 Å². The fourth-order valence-electron chi connectivity index (χ4n) is 5.73. The molecule has 1 saturated carbocycles. The molecule has 4 rings (SSSR count). The second kappa shape index (κ2) is 12.4. The standard InChI is InChI=1S/C32H34F6/c1-2-3-4-5-21-6-8-22(9-7-21)10-11-23-13-17-27-26(18-23)16-15-25(31(27)35)14-12-24-19-28(33)30(29(34)20-24)32(36,37)38/h2-3,13,15-22H,4-12,14H2,1H3/b3-2+. The number of aryl methyl sites for hydroxylation is 3. The van der Waals surface area contributed by atoms with Crippen LogP contribution in [-0.2, 0) is 25.4 Å². The molecule has 3 aromatic carbocycles. The molecule has 3 aromatic rings. The first kappa shape index (κ1) is 28.3.